The minimum atomic E-state index is -0.0152. The molecule has 4 rings (SSSR count). The van der Waals surface area contributed by atoms with E-state index in [2.05, 4.69) is 11.8 Å². The van der Waals surface area contributed by atoms with Crippen molar-refractivity contribution < 1.29 is 13.9 Å². The molecular formula is C22H26N4O3. The smallest absolute Gasteiger partial charge is 0.272 e. The van der Waals surface area contributed by atoms with Crippen LogP contribution in [0, 0.1) is 6.92 Å². The number of methoxy groups -OCH3 is 1. The number of benzene rings is 1. The van der Waals surface area contributed by atoms with Crippen molar-refractivity contribution in [3.63, 3.8) is 0 Å². The number of hydrogen-bond donors (Lipinski definition) is 0. The average molecular weight is 394 g/mol. The number of carbonyl (C=O) groups excluding carboxylic acids is 1. The molecule has 0 spiro atoms. The summed E-state index contributed by atoms with van der Waals surface area (Å²) >= 11 is 0. The third-order valence-electron chi connectivity index (χ3n) is 5.34. The Kier molecular flexibility index (Phi) is 5.40. The molecule has 1 saturated heterocycles. The van der Waals surface area contributed by atoms with E-state index in [4.69, 9.17) is 14.3 Å². The predicted molar refractivity (Wildman–Crippen MR) is 111 cm³/mol. The van der Waals surface area contributed by atoms with E-state index in [1.54, 1.807) is 11.8 Å². The summed E-state index contributed by atoms with van der Waals surface area (Å²) in [6.45, 7) is 8.27. The van der Waals surface area contributed by atoms with Crippen LogP contribution in [0.2, 0.25) is 0 Å². The Labute approximate surface area is 170 Å². The highest BCUT2D eigenvalue weighted by atomic mass is 16.5. The molecule has 1 aliphatic rings. The number of ether oxygens (including phenoxy) is 1. The molecule has 0 bridgehead atoms. The molecule has 7 nitrogen and oxygen atoms in total. The Morgan fingerprint density at radius 2 is 1.83 bits per heavy atom. The van der Waals surface area contributed by atoms with Crippen molar-refractivity contribution in [2.75, 3.05) is 39.8 Å². The monoisotopic (exact) mass is 394 g/mol. The van der Waals surface area contributed by atoms with Crippen LogP contribution in [-0.4, -0.2) is 65.3 Å². The van der Waals surface area contributed by atoms with Gasteiger partial charge in [-0.3, -0.25) is 4.79 Å². The van der Waals surface area contributed by atoms with E-state index in [9.17, 15) is 4.79 Å². The van der Waals surface area contributed by atoms with Crippen molar-refractivity contribution in [1.82, 2.24) is 19.6 Å². The van der Waals surface area contributed by atoms with Crippen molar-refractivity contribution in [2.24, 2.45) is 0 Å². The fourth-order valence-corrected chi connectivity index (χ4v) is 3.58. The second-order valence-electron chi connectivity index (χ2n) is 7.16. The minimum Gasteiger partial charge on any atom is -0.497 e. The molecule has 0 saturated carbocycles. The topological polar surface area (TPSA) is 63.7 Å². The van der Waals surface area contributed by atoms with Crippen molar-refractivity contribution in [1.29, 1.82) is 0 Å². The number of piperazine rings is 1. The van der Waals surface area contributed by atoms with Gasteiger partial charge >= 0.3 is 0 Å². The van der Waals surface area contributed by atoms with Gasteiger partial charge in [0.1, 0.15) is 22.9 Å². The number of rotatable bonds is 5. The molecule has 1 amide bonds. The van der Waals surface area contributed by atoms with Crippen LogP contribution in [0.25, 0.3) is 17.1 Å². The van der Waals surface area contributed by atoms with Crippen LogP contribution in [0.5, 0.6) is 5.75 Å². The quantitative estimate of drug-likeness (QED) is 0.665. The minimum absolute atomic E-state index is 0.0152. The first-order chi connectivity index (χ1) is 14.1. The van der Waals surface area contributed by atoms with Gasteiger partial charge in [-0.25, -0.2) is 4.68 Å². The number of likely N-dealkylation sites (N-methyl/N-ethyl adjacent to an activating group) is 1. The molecule has 1 aromatic carbocycles. The van der Waals surface area contributed by atoms with Gasteiger partial charge in [0.15, 0.2) is 5.76 Å². The van der Waals surface area contributed by atoms with E-state index in [1.165, 1.54) is 0 Å². The summed E-state index contributed by atoms with van der Waals surface area (Å²) in [5, 5.41) is 4.69. The second-order valence-corrected chi connectivity index (χ2v) is 7.16. The molecule has 3 heterocycles. The Bertz CT molecular complexity index is 982. The first kappa shape index (κ1) is 19.3. The van der Waals surface area contributed by atoms with E-state index in [0.29, 0.717) is 17.1 Å². The van der Waals surface area contributed by atoms with Gasteiger partial charge in [0.05, 0.1) is 12.8 Å². The zero-order valence-corrected chi connectivity index (χ0v) is 17.1. The number of amides is 1. The molecule has 1 aliphatic heterocycles. The third kappa shape index (κ3) is 3.91. The highest BCUT2D eigenvalue weighted by Gasteiger charge is 2.26. The highest BCUT2D eigenvalue weighted by molar-refractivity contribution is 5.94. The Balaban J connectivity index is 1.70. The maximum absolute atomic E-state index is 13.4. The van der Waals surface area contributed by atoms with Crippen molar-refractivity contribution in [3.05, 3.63) is 53.9 Å². The van der Waals surface area contributed by atoms with Gasteiger partial charge in [-0.15, -0.1) is 0 Å². The Hall–Kier alpha value is -3.06. The van der Waals surface area contributed by atoms with E-state index < -0.39 is 0 Å². The molecule has 0 radical (unpaired) electrons. The molecule has 7 heteroatoms. The molecule has 2 aromatic heterocycles. The van der Waals surface area contributed by atoms with Gasteiger partial charge in [-0.1, -0.05) is 6.92 Å². The number of nitrogens with zero attached hydrogens (tertiary/aromatic N) is 4. The van der Waals surface area contributed by atoms with Crippen LogP contribution in [0.4, 0.5) is 0 Å². The van der Waals surface area contributed by atoms with Gasteiger partial charge in [0.25, 0.3) is 5.91 Å². The summed E-state index contributed by atoms with van der Waals surface area (Å²) in [6.07, 6.45) is 0. The normalized spacial score (nSPS) is 14.9. The third-order valence-corrected chi connectivity index (χ3v) is 5.34. The molecule has 0 unspecified atom stereocenters. The lowest BCUT2D eigenvalue weighted by atomic mass is 10.2. The molecule has 1 fully saturated rings. The van der Waals surface area contributed by atoms with Crippen LogP contribution >= 0.6 is 0 Å². The summed E-state index contributed by atoms with van der Waals surface area (Å²) < 4.78 is 12.7. The zero-order chi connectivity index (χ0) is 20.4. The molecule has 29 heavy (non-hydrogen) atoms. The number of carbonyl (C=O) groups is 1. The van der Waals surface area contributed by atoms with Crippen LogP contribution in [-0.2, 0) is 0 Å². The lowest BCUT2D eigenvalue weighted by Crippen LogP contribution is -2.48. The van der Waals surface area contributed by atoms with Crippen molar-refractivity contribution >= 4 is 5.91 Å². The molecule has 0 N–H and O–H groups in total. The van der Waals surface area contributed by atoms with Crippen LogP contribution in [0.1, 0.15) is 23.2 Å². The van der Waals surface area contributed by atoms with Gasteiger partial charge in [-0.2, -0.15) is 5.10 Å². The lowest BCUT2D eigenvalue weighted by Gasteiger charge is -2.34. The number of hydrogen-bond acceptors (Lipinski definition) is 5. The summed E-state index contributed by atoms with van der Waals surface area (Å²) in [7, 11) is 1.63. The lowest BCUT2D eigenvalue weighted by molar-refractivity contribution is 0.0634. The van der Waals surface area contributed by atoms with E-state index in [1.807, 2.05) is 54.3 Å². The SMILES string of the molecule is CCN1CCN(C(=O)c2cc(-c3ccc(C)o3)nn2-c2ccc(OC)cc2)CC1. The van der Waals surface area contributed by atoms with E-state index in [-0.39, 0.29) is 5.91 Å². The molecule has 152 valence electrons. The first-order valence-corrected chi connectivity index (χ1v) is 9.92. The summed E-state index contributed by atoms with van der Waals surface area (Å²) in [6, 6.07) is 13.1. The number of furan rings is 1. The number of aryl methyl sites for hydroxylation is 1. The molecule has 0 aliphatic carbocycles. The van der Waals surface area contributed by atoms with Crippen molar-refractivity contribution in [3.8, 4) is 22.9 Å². The average Bonchev–Trinajstić information content (AvgIpc) is 3.40. The molecule has 3 aromatic rings. The van der Waals surface area contributed by atoms with Gasteiger partial charge in [0.2, 0.25) is 0 Å². The van der Waals surface area contributed by atoms with Crippen LogP contribution in [0.3, 0.4) is 0 Å². The van der Waals surface area contributed by atoms with Gasteiger partial charge in [-0.05, 0) is 49.9 Å². The number of aromatic nitrogens is 2. The first-order valence-electron chi connectivity index (χ1n) is 9.92. The van der Waals surface area contributed by atoms with Crippen LogP contribution < -0.4 is 4.74 Å². The van der Waals surface area contributed by atoms with Crippen molar-refractivity contribution in [2.45, 2.75) is 13.8 Å². The van der Waals surface area contributed by atoms with Gasteiger partial charge in [0, 0.05) is 32.2 Å². The largest absolute Gasteiger partial charge is 0.497 e. The Morgan fingerprint density at radius 1 is 1.10 bits per heavy atom. The molecular weight excluding hydrogens is 368 g/mol. The summed E-state index contributed by atoms with van der Waals surface area (Å²) in [5.74, 6) is 2.20. The van der Waals surface area contributed by atoms with Crippen LogP contribution in [0.15, 0.2) is 46.9 Å². The predicted octanol–water partition coefficient (Wildman–Crippen LogP) is 3.23. The van der Waals surface area contributed by atoms with Gasteiger partial charge < -0.3 is 19.0 Å². The summed E-state index contributed by atoms with van der Waals surface area (Å²) in [5.41, 5.74) is 1.98. The fraction of sp³-hybridized carbons (Fsp3) is 0.364. The van der Waals surface area contributed by atoms with E-state index in [0.717, 1.165) is 49.9 Å². The standard InChI is InChI=1S/C22H26N4O3/c1-4-24-11-13-25(14-12-24)22(27)20-15-19(21-10-5-16(2)29-21)23-26(20)17-6-8-18(28-3)9-7-17/h5-10,15H,4,11-14H2,1-3H3. The van der Waals surface area contributed by atoms with E-state index >= 15 is 0 Å². The second kappa shape index (κ2) is 8.13. The maximum atomic E-state index is 13.4. The molecule has 0 atom stereocenters. The fourth-order valence-electron chi connectivity index (χ4n) is 3.58. The maximum Gasteiger partial charge on any atom is 0.272 e. The highest BCUT2D eigenvalue weighted by Crippen LogP contribution is 2.25. The Morgan fingerprint density at radius 3 is 2.41 bits per heavy atom. The summed E-state index contributed by atoms with van der Waals surface area (Å²) in [4.78, 5) is 17.6. The zero-order valence-electron chi connectivity index (χ0n) is 17.1.